The summed E-state index contributed by atoms with van der Waals surface area (Å²) in [6, 6.07) is 26.5. The second-order valence-electron chi connectivity index (χ2n) is 8.34. The second-order valence-corrected chi connectivity index (χ2v) is 9.20. The zero-order chi connectivity index (χ0) is 23.4. The number of rotatable bonds is 3. The number of para-hydroxylation sites is 1. The summed E-state index contributed by atoms with van der Waals surface area (Å²) < 4.78 is 14.3. The first-order valence-corrected chi connectivity index (χ1v) is 11.7. The number of halogens is 2. The van der Waals surface area contributed by atoms with E-state index in [9.17, 15) is 14.0 Å². The van der Waals surface area contributed by atoms with Gasteiger partial charge in [-0.25, -0.2) is 14.4 Å². The van der Waals surface area contributed by atoms with Crippen LogP contribution in [0.3, 0.4) is 0 Å². The van der Waals surface area contributed by atoms with E-state index in [4.69, 9.17) is 4.84 Å². The highest BCUT2D eigenvalue weighted by Gasteiger charge is 2.60. The average molecular weight is 517 g/mol. The Hall–Kier alpha value is -3.55. The van der Waals surface area contributed by atoms with Crippen LogP contribution >= 0.6 is 15.9 Å². The molecule has 4 aromatic rings. The van der Waals surface area contributed by atoms with Crippen LogP contribution in [0.15, 0.2) is 95.5 Å². The average Bonchev–Trinajstić information content (AvgIpc) is 3.37. The lowest BCUT2D eigenvalue weighted by Gasteiger charge is -2.29. The van der Waals surface area contributed by atoms with Crippen LogP contribution in [-0.4, -0.2) is 17.9 Å². The molecule has 0 unspecified atom stereocenters. The molecule has 4 aromatic carbocycles. The molecule has 2 saturated heterocycles. The molecule has 7 heteroatoms. The first-order chi connectivity index (χ1) is 16.5. The smallest absolute Gasteiger partial charge is 0.266 e. The van der Waals surface area contributed by atoms with E-state index < -0.39 is 29.8 Å². The molecule has 34 heavy (non-hydrogen) atoms. The molecule has 0 aliphatic carbocycles. The molecule has 0 spiro atoms. The van der Waals surface area contributed by atoms with Crippen LogP contribution in [0.1, 0.15) is 11.6 Å². The second kappa shape index (κ2) is 8.04. The summed E-state index contributed by atoms with van der Waals surface area (Å²) in [7, 11) is 0. The van der Waals surface area contributed by atoms with Crippen molar-refractivity contribution < 1.29 is 18.8 Å². The summed E-state index contributed by atoms with van der Waals surface area (Å²) in [6.45, 7) is 0. The highest BCUT2D eigenvalue weighted by atomic mass is 79.9. The fraction of sp³-hybridized carbons (Fsp3) is 0.111. The van der Waals surface area contributed by atoms with Crippen molar-refractivity contribution in [2.24, 2.45) is 5.92 Å². The van der Waals surface area contributed by atoms with Crippen LogP contribution in [0.2, 0.25) is 0 Å². The third-order valence-electron chi connectivity index (χ3n) is 6.42. The van der Waals surface area contributed by atoms with Crippen molar-refractivity contribution in [3.05, 3.63) is 107 Å². The quantitative estimate of drug-likeness (QED) is 0.323. The topological polar surface area (TPSA) is 49.9 Å². The molecular formula is C27H18BrFN2O3. The number of nitrogens with zero attached hydrogens (tertiary/aromatic N) is 2. The van der Waals surface area contributed by atoms with Crippen LogP contribution in [0.4, 0.5) is 15.8 Å². The molecule has 168 valence electrons. The van der Waals surface area contributed by atoms with Gasteiger partial charge in [-0.15, -0.1) is 0 Å². The van der Waals surface area contributed by atoms with Gasteiger partial charge in [-0.1, -0.05) is 60.7 Å². The van der Waals surface area contributed by atoms with Crippen molar-refractivity contribution in [3.8, 4) is 0 Å². The Balaban J connectivity index is 1.48. The Morgan fingerprint density at radius 1 is 0.824 bits per heavy atom. The predicted octanol–water partition coefficient (Wildman–Crippen LogP) is 5.79. The van der Waals surface area contributed by atoms with Crippen LogP contribution in [0.5, 0.6) is 0 Å². The maximum atomic E-state index is 14.0. The number of hydroxylamine groups is 1. The molecule has 6 rings (SSSR count). The van der Waals surface area contributed by atoms with Gasteiger partial charge < -0.3 is 0 Å². The molecule has 2 fully saturated rings. The van der Waals surface area contributed by atoms with Crippen molar-refractivity contribution in [3.63, 3.8) is 0 Å². The number of carbonyl (C=O) groups is 2. The van der Waals surface area contributed by atoms with Gasteiger partial charge in [0.1, 0.15) is 11.7 Å². The van der Waals surface area contributed by atoms with Gasteiger partial charge in [-0.3, -0.25) is 14.4 Å². The summed E-state index contributed by atoms with van der Waals surface area (Å²) in [5, 5.41) is 3.35. The van der Waals surface area contributed by atoms with E-state index in [2.05, 4.69) is 15.9 Å². The maximum absolute atomic E-state index is 14.0. The van der Waals surface area contributed by atoms with Gasteiger partial charge >= 0.3 is 0 Å². The van der Waals surface area contributed by atoms with Gasteiger partial charge in [-0.05, 0) is 57.2 Å². The molecule has 2 aliphatic heterocycles. The number of carbonyl (C=O) groups excluding carboxylic acids is 2. The van der Waals surface area contributed by atoms with Crippen molar-refractivity contribution in [1.82, 2.24) is 0 Å². The third-order valence-corrected chi connectivity index (χ3v) is 7.03. The van der Waals surface area contributed by atoms with E-state index in [1.807, 2.05) is 66.7 Å². The van der Waals surface area contributed by atoms with Gasteiger partial charge in [-0.2, -0.15) is 0 Å². The summed E-state index contributed by atoms with van der Waals surface area (Å²) in [5.41, 5.74) is 1.92. The van der Waals surface area contributed by atoms with Crippen LogP contribution in [-0.2, 0) is 14.4 Å². The van der Waals surface area contributed by atoms with E-state index in [0.29, 0.717) is 16.9 Å². The van der Waals surface area contributed by atoms with Gasteiger partial charge in [0.2, 0.25) is 5.91 Å². The lowest BCUT2D eigenvalue weighted by atomic mass is 9.90. The molecule has 0 N–H and O–H groups in total. The monoisotopic (exact) mass is 516 g/mol. The molecule has 0 radical (unpaired) electrons. The van der Waals surface area contributed by atoms with E-state index in [1.165, 1.54) is 11.0 Å². The molecule has 0 aromatic heterocycles. The van der Waals surface area contributed by atoms with Gasteiger partial charge in [0.15, 0.2) is 6.10 Å². The summed E-state index contributed by atoms with van der Waals surface area (Å²) in [6.07, 6.45) is -0.986. The van der Waals surface area contributed by atoms with Gasteiger partial charge in [0.05, 0.1) is 21.9 Å². The highest BCUT2D eigenvalue weighted by molar-refractivity contribution is 9.10. The van der Waals surface area contributed by atoms with Gasteiger partial charge in [0, 0.05) is 5.39 Å². The minimum absolute atomic E-state index is 0.282. The first-order valence-electron chi connectivity index (χ1n) is 10.9. The van der Waals surface area contributed by atoms with Crippen molar-refractivity contribution in [2.45, 2.75) is 12.1 Å². The Kier molecular flexibility index (Phi) is 4.97. The molecule has 3 atom stereocenters. The standard InChI is InChI=1S/C27H18BrFN2O3/c28-20-15-17(13-14-21(20)29)24-23-25(34-31(24)18-9-2-1-3-10-18)27(33)30(26(23)32)22-12-6-8-16-7-4-5-11-19(16)22/h1-15,23-25H/t23-,24-,25+/m1/s1. The van der Waals surface area contributed by atoms with E-state index >= 15 is 0 Å². The molecule has 0 bridgehead atoms. The number of fused-ring (bicyclic) bond motifs is 2. The maximum Gasteiger partial charge on any atom is 0.266 e. The lowest BCUT2D eigenvalue weighted by molar-refractivity contribution is -0.126. The van der Waals surface area contributed by atoms with E-state index in [1.54, 1.807) is 23.3 Å². The zero-order valence-corrected chi connectivity index (χ0v) is 19.4. The zero-order valence-electron chi connectivity index (χ0n) is 17.8. The number of hydrogen-bond donors (Lipinski definition) is 0. The third kappa shape index (κ3) is 3.15. The van der Waals surface area contributed by atoms with Crippen molar-refractivity contribution in [1.29, 1.82) is 0 Å². The predicted molar refractivity (Wildman–Crippen MR) is 131 cm³/mol. The van der Waals surface area contributed by atoms with E-state index in [0.717, 1.165) is 10.8 Å². The minimum Gasteiger partial charge on any atom is -0.273 e. The Morgan fingerprint density at radius 3 is 2.35 bits per heavy atom. The van der Waals surface area contributed by atoms with Gasteiger partial charge in [0.25, 0.3) is 5.91 Å². The minimum atomic E-state index is -0.986. The highest BCUT2D eigenvalue weighted by Crippen LogP contribution is 2.48. The molecule has 5 nitrogen and oxygen atoms in total. The normalized spacial score (nSPS) is 22.0. The molecule has 2 heterocycles. The number of amides is 2. The van der Waals surface area contributed by atoms with Crippen molar-refractivity contribution in [2.75, 3.05) is 9.96 Å². The number of anilines is 2. The van der Waals surface area contributed by atoms with Crippen LogP contribution in [0.25, 0.3) is 10.8 Å². The lowest BCUT2D eigenvalue weighted by Crippen LogP contribution is -2.37. The molecule has 2 amide bonds. The summed E-state index contributed by atoms with van der Waals surface area (Å²) in [5.74, 6) is -1.94. The molecular weight excluding hydrogens is 499 g/mol. The fourth-order valence-electron chi connectivity index (χ4n) is 4.89. The molecule has 2 aliphatic rings. The Morgan fingerprint density at radius 2 is 1.56 bits per heavy atom. The number of imide groups is 1. The SMILES string of the molecule is O=C1[C@H]2[C@H](ON(c3ccccc3)[C@@H]2c2ccc(F)c(Br)c2)C(=O)N1c1cccc2ccccc12. The first kappa shape index (κ1) is 21.0. The van der Waals surface area contributed by atoms with Crippen LogP contribution in [0, 0.1) is 11.7 Å². The van der Waals surface area contributed by atoms with E-state index in [-0.39, 0.29) is 10.4 Å². The summed E-state index contributed by atoms with van der Waals surface area (Å²) >= 11 is 3.25. The summed E-state index contributed by atoms with van der Waals surface area (Å²) in [4.78, 5) is 34.9. The number of hydrogen-bond acceptors (Lipinski definition) is 4. The Labute approximate surface area is 203 Å². The largest absolute Gasteiger partial charge is 0.273 e. The van der Waals surface area contributed by atoms with Crippen LogP contribution < -0.4 is 9.96 Å². The van der Waals surface area contributed by atoms with Crippen molar-refractivity contribution >= 4 is 49.9 Å². The Bertz CT molecular complexity index is 1440. The number of benzene rings is 4. The fourth-order valence-corrected chi connectivity index (χ4v) is 5.29. The molecule has 0 saturated carbocycles.